The molecule has 1 aliphatic rings. The summed E-state index contributed by atoms with van der Waals surface area (Å²) in [5.41, 5.74) is 0. The Balaban J connectivity index is 0.000000490. The minimum Gasteiger partial charge on any atom is -0.498 e. The molecule has 8 heavy (non-hydrogen) atoms. The minimum atomic E-state index is 0. The first kappa shape index (κ1) is 8.34. The predicted molar refractivity (Wildman–Crippen MR) is 30.8 cm³/mol. The van der Waals surface area contributed by atoms with Crippen molar-refractivity contribution in [1.82, 2.24) is 0 Å². The molecule has 0 aromatic heterocycles. The zero-order chi connectivity index (χ0) is 5.11. The summed E-state index contributed by atoms with van der Waals surface area (Å²) in [5.74, 6) is 0.730. The molecule has 1 heteroatoms. The van der Waals surface area contributed by atoms with Crippen molar-refractivity contribution in [3.05, 3.63) is 12.2 Å². The smallest absolute Gasteiger partial charge is 0.498 e. The van der Waals surface area contributed by atoms with E-state index in [0.717, 1.165) is 5.92 Å². The molecule has 0 aromatic carbocycles. The van der Waals surface area contributed by atoms with Gasteiger partial charge in [0, 0.05) is 0 Å². The summed E-state index contributed by atoms with van der Waals surface area (Å²) < 4.78 is 0. The van der Waals surface area contributed by atoms with Crippen molar-refractivity contribution in [3.63, 3.8) is 0 Å². The quantitative estimate of drug-likeness (QED) is 0.276. The van der Waals surface area contributed by atoms with E-state index >= 15 is 0 Å². The summed E-state index contributed by atoms with van der Waals surface area (Å²) in [6.07, 6.45) is 9.39. The van der Waals surface area contributed by atoms with Crippen molar-refractivity contribution in [2.24, 2.45) is 5.92 Å². The van der Waals surface area contributed by atoms with Crippen molar-refractivity contribution in [2.45, 2.75) is 26.2 Å². The van der Waals surface area contributed by atoms with Gasteiger partial charge in [0.25, 0.3) is 0 Å². The molecule has 0 aliphatic heterocycles. The summed E-state index contributed by atoms with van der Waals surface area (Å²) in [7, 11) is 0. The van der Waals surface area contributed by atoms with Crippen molar-refractivity contribution in [1.29, 1.82) is 0 Å². The molecule has 1 rings (SSSR count). The summed E-state index contributed by atoms with van der Waals surface area (Å²) in [4.78, 5) is 0. The van der Waals surface area contributed by atoms with Crippen LogP contribution in [0.4, 0.5) is 0 Å². The average molecular weight is 102 g/mol. The van der Waals surface area contributed by atoms with E-state index in [1.54, 1.807) is 0 Å². The molecule has 0 spiro atoms. The van der Waals surface area contributed by atoms with Gasteiger partial charge in [0.2, 0.25) is 0 Å². The number of hydrogen-bond donors (Lipinski definition) is 0. The van der Waals surface area contributed by atoms with E-state index in [1.165, 1.54) is 19.3 Å². The standard InChI is InChI=1S/C7H11.Li/c1-7-5-3-2-4-6-7;/h3,7H,2,4,6H2,1H3;/q-1;+1. The van der Waals surface area contributed by atoms with E-state index in [2.05, 4.69) is 19.1 Å². The van der Waals surface area contributed by atoms with Crippen molar-refractivity contribution in [2.75, 3.05) is 0 Å². The Bertz CT molecular complexity index is 76.5. The number of hydrogen-bond acceptors (Lipinski definition) is 0. The van der Waals surface area contributed by atoms with E-state index in [9.17, 15) is 0 Å². The average Bonchev–Trinajstić information content (AvgIpc) is 1.69. The normalized spacial score (nSPS) is 26.9. The Labute approximate surface area is 63.5 Å². The van der Waals surface area contributed by atoms with Crippen LogP contribution in [0.15, 0.2) is 6.08 Å². The van der Waals surface area contributed by atoms with Crippen molar-refractivity contribution < 1.29 is 18.9 Å². The van der Waals surface area contributed by atoms with Crippen LogP contribution in [0.3, 0.4) is 0 Å². The molecule has 0 heterocycles. The molecule has 40 valence electrons. The molecule has 1 atom stereocenters. The molecule has 0 aromatic rings. The molecule has 0 nitrogen and oxygen atoms in total. The van der Waals surface area contributed by atoms with Gasteiger partial charge < -0.3 is 6.08 Å². The molecular weight excluding hydrogens is 91.0 g/mol. The molecule has 0 bridgehead atoms. The Morgan fingerprint density at radius 1 is 1.62 bits per heavy atom. The molecule has 0 N–H and O–H groups in total. The van der Waals surface area contributed by atoms with Crippen LogP contribution in [0.5, 0.6) is 0 Å². The minimum absolute atomic E-state index is 0. The van der Waals surface area contributed by atoms with Gasteiger partial charge in [0.1, 0.15) is 0 Å². The third kappa shape index (κ3) is 2.60. The molecule has 0 fully saturated rings. The van der Waals surface area contributed by atoms with Gasteiger partial charge in [-0.3, -0.25) is 6.08 Å². The first-order valence-corrected chi connectivity index (χ1v) is 2.97. The third-order valence-corrected chi connectivity index (χ3v) is 1.39. The van der Waals surface area contributed by atoms with Crippen LogP contribution in [0.25, 0.3) is 0 Å². The van der Waals surface area contributed by atoms with Crippen molar-refractivity contribution >= 4 is 0 Å². The second-order valence-electron chi connectivity index (χ2n) is 2.20. The zero-order valence-electron chi connectivity index (χ0n) is 5.78. The number of allylic oxidation sites excluding steroid dienone is 2. The molecule has 0 saturated carbocycles. The van der Waals surface area contributed by atoms with Crippen molar-refractivity contribution in [3.8, 4) is 0 Å². The Hall–Kier alpha value is 0.337. The van der Waals surface area contributed by atoms with Crippen LogP contribution in [-0.4, -0.2) is 0 Å². The predicted octanol–water partition coefficient (Wildman–Crippen LogP) is -0.830. The van der Waals surface area contributed by atoms with Crippen LogP contribution in [-0.2, 0) is 0 Å². The van der Waals surface area contributed by atoms with Gasteiger partial charge in [-0.25, -0.2) is 0 Å². The van der Waals surface area contributed by atoms with Crippen LogP contribution in [0.1, 0.15) is 26.2 Å². The molecule has 0 saturated heterocycles. The third-order valence-electron chi connectivity index (χ3n) is 1.39. The fourth-order valence-electron chi connectivity index (χ4n) is 0.894. The monoisotopic (exact) mass is 102 g/mol. The van der Waals surface area contributed by atoms with Gasteiger partial charge in [-0.15, -0.1) is 0 Å². The summed E-state index contributed by atoms with van der Waals surface area (Å²) >= 11 is 0. The second-order valence-corrected chi connectivity index (χ2v) is 2.20. The van der Waals surface area contributed by atoms with E-state index in [-0.39, 0.29) is 18.9 Å². The van der Waals surface area contributed by atoms with Gasteiger partial charge in [-0.1, -0.05) is 26.2 Å². The van der Waals surface area contributed by atoms with E-state index < -0.39 is 0 Å². The maximum atomic E-state index is 3.26. The molecule has 1 unspecified atom stereocenters. The fraction of sp³-hybridized carbons (Fsp3) is 0.714. The van der Waals surface area contributed by atoms with Gasteiger partial charge in [-0.05, 0) is 0 Å². The molecule has 0 amide bonds. The first-order valence-electron chi connectivity index (χ1n) is 2.97. The van der Waals surface area contributed by atoms with Gasteiger partial charge in [-0.2, -0.15) is 5.92 Å². The van der Waals surface area contributed by atoms with Gasteiger partial charge >= 0.3 is 18.9 Å². The fourth-order valence-corrected chi connectivity index (χ4v) is 0.894. The maximum absolute atomic E-state index is 3.26. The van der Waals surface area contributed by atoms with E-state index in [4.69, 9.17) is 0 Å². The maximum Gasteiger partial charge on any atom is 1.00 e. The van der Waals surface area contributed by atoms with Crippen LogP contribution < -0.4 is 18.9 Å². The summed E-state index contributed by atoms with van der Waals surface area (Å²) in [6.45, 7) is 2.22. The molecular formula is C7H11Li. The van der Waals surface area contributed by atoms with E-state index in [0.29, 0.717) is 0 Å². The van der Waals surface area contributed by atoms with Crippen LogP contribution >= 0.6 is 0 Å². The van der Waals surface area contributed by atoms with Gasteiger partial charge in [0.15, 0.2) is 0 Å². The van der Waals surface area contributed by atoms with E-state index in [1.807, 2.05) is 0 Å². The topological polar surface area (TPSA) is 0 Å². The SMILES string of the molecule is CC1[C-]=CCCC1.[Li+]. The van der Waals surface area contributed by atoms with Crippen LogP contribution in [0, 0.1) is 12.0 Å². The second kappa shape index (κ2) is 4.24. The molecule has 0 radical (unpaired) electrons. The Morgan fingerprint density at radius 2 is 2.38 bits per heavy atom. The summed E-state index contributed by atoms with van der Waals surface area (Å²) in [6, 6.07) is 0. The Morgan fingerprint density at radius 3 is 2.62 bits per heavy atom. The number of rotatable bonds is 0. The summed E-state index contributed by atoms with van der Waals surface area (Å²) in [5, 5.41) is 0. The zero-order valence-corrected chi connectivity index (χ0v) is 5.78. The van der Waals surface area contributed by atoms with Gasteiger partial charge in [0.05, 0.1) is 0 Å². The largest absolute Gasteiger partial charge is 1.00 e. The molecule has 1 aliphatic carbocycles. The van der Waals surface area contributed by atoms with Crippen LogP contribution in [0.2, 0.25) is 0 Å². The Kier molecular flexibility index (Phi) is 4.42. The first-order chi connectivity index (χ1) is 3.39.